The van der Waals surface area contributed by atoms with Crippen LogP contribution in [0.4, 0.5) is 0 Å². The van der Waals surface area contributed by atoms with Gasteiger partial charge in [0.25, 0.3) is 0 Å². The van der Waals surface area contributed by atoms with Crippen LogP contribution >= 0.6 is 0 Å². The summed E-state index contributed by atoms with van der Waals surface area (Å²) in [6.07, 6.45) is 3.16. The maximum absolute atomic E-state index is 11.4. The molecule has 2 saturated heterocycles. The van der Waals surface area contributed by atoms with Crippen molar-refractivity contribution >= 4 is 5.97 Å². The second-order valence-corrected chi connectivity index (χ2v) is 5.94. The zero-order chi connectivity index (χ0) is 17.5. The third-order valence-electron chi connectivity index (χ3n) is 4.06. The van der Waals surface area contributed by atoms with Crippen molar-refractivity contribution in [1.82, 2.24) is 15.1 Å². The molecule has 0 aromatic rings. The Morgan fingerprint density at radius 1 is 1.00 bits per heavy atom. The molecule has 0 atom stereocenters. The summed E-state index contributed by atoms with van der Waals surface area (Å²) in [5.41, 5.74) is 0. The summed E-state index contributed by atoms with van der Waals surface area (Å²) < 4.78 is 4.81. The number of piperidine rings is 1. The fourth-order valence-electron chi connectivity index (χ4n) is 2.78. The number of nitrogens with zero attached hydrogens (tertiary/aromatic N) is 2. The lowest BCUT2D eigenvalue weighted by Gasteiger charge is -2.33. The van der Waals surface area contributed by atoms with Gasteiger partial charge in [0.1, 0.15) is 0 Å². The molecule has 0 aliphatic carbocycles. The Morgan fingerprint density at radius 3 is 1.87 bits per heavy atom. The molecule has 2 aliphatic heterocycles. The highest BCUT2D eigenvalue weighted by atomic mass is 16.5. The highest BCUT2D eigenvalue weighted by molar-refractivity contribution is 5.72. The molecule has 0 aromatic carbocycles. The minimum Gasteiger partial charge on any atom is -0.469 e. The largest absolute Gasteiger partial charge is 0.469 e. The van der Waals surface area contributed by atoms with Crippen LogP contribution in [0.15, 0.2) is 0 Å². The van der Waals surface area contributed by atoms with Gasteiger partial charge in [-0.3, -0.25) is 9.69 Å². The molecule has 2 rings (SSSR count). The van der Waals surface area contributed by atoms with Crippen LogP contribution in [0.3, 0.4) is 0 Å². The van der Waals surface area contributed by atoms with E-state index in [4.69, 9.17) is 4.74 Å². The first-order valence-corrected chi connectivity index (χ1v) is 9.44. The molecule has 0 aromatic heterocycles. The van der Waals surface area contributed by atoms with Crippen LogP contribution in [0.1, 0.15) is 47.0 Å². The Kier molecular flexibility index (Phi) is 14.5. The highest BCUT2D eigenvalue weighted by Gasteiger charge is 2.25. The lowest BCUT2D eigenvalue weighted by Crippen LogP contribution is -2.47. The van der Waals surface area contributed by atoms with E-state index in [1.54, 1.807) is 0 Å². The van der Waals surface area contributed by atoms with E-state index in [1.807, 2.05) is 13.8 Å². The quantitative estimate of drug-likeness (QED) is 0.801. The molecule has 5 heteroatoms. The van der Waals surface area contributed by atoms with Gasteiger partial charge in [-0.25, -0.2) is 0 Å². The Balaban J connectivity index is 0.000000868. The van der Waals surface area contributed by atoms with Crippen LogP contribution < -0.4 is 5.32 Å². The van der Waals surface area contributed by atoms with Crippen molar-refractivity contribution in [3.8, 4) is 0 Å². The third kappa shape index (κ3) is 9.95. The van der Waals surface area contributed by atoms with Gasteiger partial charge in [-0.1, -0.05) is 34.1 Å². The van der Waals surface area contributed by atoms with E-state index >= 15 is 0 Å². The Morgan fingerprint density at radius 2 is 1.43 bits per heavy atom. The van der Waals surface area contributed by atoms with Crippen molar-refractivity contribution in [2.45, 2.75) is 47.0 Å². The van der Waals surface area contributed by atoms with Crippen LogP contribution in [0.5, 0.6) is 0 Å². The lowest BCUT2D eigenvalue weighted by molar-refractivity contribution is -0.147. The van der Waals surface area contributed by atoms with Gasteiger partial charge in [-0.15, -0.1) is 0 Å². The van der Waals surface area contributed by atoms with E-state index in [1.165, 1.54) is 26.6 Å². The van der Waals surface area contributed by atoms with Gasteiger partial charge in [0.05, 0.1) is 13.0 Å². The summed E-state index contributed by atoms with van der Waals surface area (Å²) in [5.74, 6) is 0.0993. The van der Waals surface area contributed by atoms with E-state index < -0.39 is 0 Å². The number of esters is 1. The van der Waals surface area contributed by atoms with Gasteiger partial charge >= 0.3 is 5.97 Å². The predicted octanol–water partition coefficient (Wildman–Crippen LogP) is 2.22. The number of ether oxygens (including phenoxy) is 1. The number of piperazine rings is 1. The summed E-state index contributed by atoms with van der Waals surface area (Å²) >= 11 is 0. The molecule has 2 heterocycles. The van der Waals surface area contributed by atoms with Gasteiger partial charge in [0.15, 0.2) is 0 Å². The van der Waals surface area contributed by atoms with E-state index in [-0.39, 0.29) is 11.9 Å². The summed E-state index contributed by atoms with van der Waals surface area (Å²) in [6.45, 7) is 17.2. The predicted molar refractivity (Wildman–Crippen MR) is 97.8 cm³/mol. The minimum atomic E-state index is -0.0308. The molecule has 5 nitrogen and oxygen atoms in total. The third-order valence-corrected chi connectivity index (χ3v) is 4.06. The van der Waals surface area contributed by atoms with Crippen molar-refractivity contribution < 1.29 is 9.53 Å². The molecule has 23 heavy (non-hydrogen) atoms. The average Bonchev–Trinajstić information content (AvgIpc) is 2.63. The van der Waals surface area contributed by atoms with Crippen molar-refractivity contribution in [2.75, 3.05) is 59.5 Å². The Bertz CT molecular complexity index is 273. The molecule has 0 bridgehead atoms. The smallest absolute Gasteiger partial charge is 0.308 e. The SMILES string of the molecule is CC.CCC.COC(=O)C1CCN(CCN2CCNCC2)CC1. The van der Waals surface area contributed by atoms with Crippen molar-refractivity contribution in [3.05, 3.63) is 0 Å². The molecule has 1 N–H and O–H groups in total. The number of methoxy groups -OCH3 is 1. The minimum absolute atomic E-state index is 0.0308. The number of carbonyl (C=O) groups excluding carboxylic acids is 1. The second kappa shape index (κ2) is 14.9. The van der Waals surface area contributed by atoms with E-state index in [0.717, 1.165) is 52.1 Å². The molecular formula is C18H39N3O2. The lowest BCUT2D eigenvalue weighted by atomic mass is 9.97. The van der Waals surface area contributed by atoms with Crippen molar-refractivity contribution in [3.63, 3.8) is 0 Å². The highest BCUT2D eigenvalue weighted by Crippen LogP contribution is 2.18. The molecule has 0 unspecified atom stereocenters. The summed E-state index contributed by atoms with van der Waals surface area (Å²) in [7, 11) is 1.49. The van der Waals surface area contributed by atoms with E-state index in [0.29, 0.717) is 0 Å². The van der Waals surface area contributed by atoms with Crippen LogP contribution in [-0.4, -0.2) is 75.2 Å². The van der Waals surface area contributed by atoms with Crippen LogP contribution in [0.2, 0.25) is 0 Å². The van der Waals surface area contributed by atoms with Crippen LogP contribution in [0.25, 0.3) is 0 Å². The first-order chi connectivity index (χ1) is 11.2. The number of hydrogen-bond donors (Lipinski definition) is 1. The Labute approximate surface area is 143 Å². The number of nitrogens with one attached hydrogen (secondary N) is 1. The summed E-state index contributed by atoms with van der Waals surface area (Å²) in [5, 5.41) is 3.37. The molecule has 0 spiro atoms. The molecule has 2 fully saturated rings. The van der Waals surface area contributed by atoms with Gasteiger partial charge in [-0.05, 0) is 25.9 Å². The van der Waals surface area contributed by atoms with Gasteiger partial charge in [-0.2, -0.15) is 0 Å². The molecule has 138 valence electrons. The molecule has 0 radical (unpaired) electrons. The maximum Gasteiger partial charge on any atom is 0.308 e. The van der Waals surface area contributed by atoms with Gasteiger partial charge in [0.2, 0.25) is 0 Å². The summed E-state index contributed by atoms with van der Waals surface area (Å²) in [4.78, 5) is 16.4. The fourth-order valence-corrected chi connectivity index (χ4v) is 2.78. The standard InChI is InChI=1S/C13H25N3O2.C3H8.C2H6/c1-18-13(17)12-2-6-15(7-3-12)10-11-16-8-4-14-5-9-16;1-3-2;1-2/h12,14H,2-11H2,1H3;3H2,1-2H3;1-2H3. The van der Waals surface area contributed by atoms with Gasteiger partial charge < -0.3 is 15.0 Å². The molecule has 0 saturated carbocycles. The average molecular weight is 330 g/mol. The van der Waals surface area contributed by atoms with Crippen LogP contribution in [0, 0.1) is 5.92 Å². The van der Waals surface area contributed by atoms with E-state index in [2.05, 4.69) is 29.0 Å². The van der Waals surface area contributed by atoms with Crippen molar-refractivity contribution in [1.29, 1.82) is 0 Å². The van der Waals surface area contributed by atoms with Crippen molar-refractivity contribution in [2.24, 2.45) is 5.92 Å². The molecular weight excluding hydrogens is 290 g/mol. The first-order valence-electron chi connectivity index (χ1n) is 9.44. The zero-order valence-electron chi connectivity index (χ0n) is 16.1. The zero-order valence-corrected chi connectivity index (χ0v) is 16.1. The second-order valence-electron chi connectivity index (χ2n) is 5.94. The maximum atomic E-state index is 11.4. The molecule has 0 amide bonds. The number of hydrogen-bond acceptors (Lipinski definition) is 5. The normalized spacial score (nSPS) is 19.9. The van der Waals surface area contributed by atoms with E-state index in [9.17, 15) is 4.79 Å². The summed E-state index contributed by atoms with van der Waals surface area (Å²) in [6, 6.07) is 0. The number of rotatable bonds is 4. The monoisotopic (exact) mass is 329 g/mol. The van der Waals surface area contributed by atoms with Gasteiger partial charge in [0, 0.05) is 39.3 Å². The number of likely N-dealkylation sites (tertiary alicyclic amines) is 1. The topological polar surface area (TPSA) is 44.8 Å². The van der Waals surface area contributed by atoms with Crippen LogP contribution in [-0.2, 0) is 9.53 Å². The number of carbonyl (C=O) groups is 1. The first kappa shape index (κ1) is 22.4. The fraction of sp³-hybridized carbons (Fsp3) is 0.944. The Hall–Kier alpha value is -0.650. The molecule has 2 aliphatic rings.